The maximum atomic E-state index is 12.0. The van der Waals surface area contributed by atoms with Gasteiger partial charge in [-0.1, -0.05) is 0 Å². The maximum Gasteiger partial charge on any atom is 0.331 e. The summed E-state index contributed by atoms with van der Waals surface area (Å²) in [6.07, 6.45) is 2.04. The molecule has 0 bridgehead atoms. The number of nitrogens with one attached hydrogen (secondary N) is 1. The molecule has 96 valence electrons. The fourth-order valence-corrected chi connectivity index (χ4v) is 3.29. The minimum absolute atomic E-state index is 0.0342. The van der Waals surface area contributed by atoms with Crippen LogP contribution in [0.3, 0.4) is 0 Å². The number of rotatable bonds is 3. The van der Waals surface area contributed by atoms with Gasteiger partial charge in [0.15, 0.2) is 5.54 Å². The fourth-order valence-electron chi connectivity index (χ4n) is 2.18. The van der Waals surface area contributed by atoms with E-state index >= 15 is 0 Å². The summed E-state index contributed by atoms with van der Waals surface area (Å²) in [5.74, 6) is 0.809. The Bertz CT molecular complexity index is 309. The number of carboxylic acids is 1. The van der Waals surface area contributed by atoms with E-state index in [1.807, 2.05) is 11.8 Å². The smallest absolute Gasteiger partial charge is 0.331 e. The van der Waals surface area contributed by atoms with Crippen LogP contribution < -0.4 is 5.32 Å². The van der Waals surface area contributed by atoms with E-state index in [9.17, 15) is 14.7 Å². The van der Waals surface area contributed by atoms with Gasteiger partial charge in [-0.3, -0.25) is 4.79 Å². The predicted molar refractivity (Wildman–Crippen MR) is 64.0 cm³/mol. The van der Waals surface area contributed by atoms with Crippen LogP contribution in [0.5, 0.6) is 0 Å². The topological polar surface area (TPSA) is 75.6 Å². The van der Waals surface area contributed by atoms with Gasteiger partial charge in [0.05, 0.1) is 6.61 Å². The van der Waals surface area contributed by atoms with E-state index in [0.717, 1.165) is 24.3 Å². The second kappa shape index (κ2) is 5.27. The first-order chi connectivity index (χ1) is 8.14. The minimum atomic E-state index is -1.19. The van der Waals surface area contributed by atoms with E-state index in [0.29, 0.717) is 13.0 Å². The summed E-state index contributed by atoms with van der Waals surface area (Å²) >= 11 is 1.84. The molecule has 0 aromatic carbocycles. The molecule has 0 aliphatic carbocycles. The molecule has 0 aromatic heterocycles. The molecule has 1 amide bonds. The van der Waals surface area contributed by atoms with Gasteiger partial charge in [0.2, 0.25) is 5.91 Å². The van der Waals surface area contributed by atoms with Gasteiger partial charge in [-0.05, 0) is 24.3 Å². The number of carbonyl (C=O) groups excluding carboxylic acids is 1. The Kier molecular flexibility index (Phi) is 3.93. The highest BCUT2D eigenvalue weighted by Crippen LogP contribution is 2.25. The van der Waals surface area contributed by atoms with Crippen LogP contribution in [0.2, 0.25) is 0 Å². The van der Waals surface area contributed by atoms with Crippen molar-refractivity contribution in [2.75, 3.05) is 24.7 Å². The zero-order valence-electron chi connectivity index (χ0n) is 9.61. The Morgan fingerprint density at radius 3 is 2.59 bits per heavy atom. The van der Waals surface area contributed by atoms with Crippen molar-refractivity contribution < 1.29 is 19.4 Å². The van der Waals surface area contributed by atoms with E-state index < -0.39 is 11.5 Å². The summed E-state index contributed by atoms with van der Waals surface area (Å²) in [6.45, 7) is 0.475. The Balaban J connectivity index is 1.98. The van der Waals surface area contributed by atoms with Crippen molar-refractivity contribution in [3.8, 4) is 0 Å². The summed E-state index contributed by atoms with van der Waals surface area (Å²) in [4.78, 5) is 23.3. The van der Waals surface area contributed by atoms with Crippen molar-refractivity contribution in [2.45, 2.75) is 24.8 Å². The molecule has 6 heteroatoms. The van der Waals surface area contributed by atoms with Crippen LogP contribution in [-0.4, -0.2) is 47.2 Å². The molecule has 0 saturated carbocycles. The number of hydrogen-bond acceptors (Lipinski definition) is 4. The van der Waals surface area contributed by atoms with E-state index in [4.69, 9.17) is 4.74 Å². The van der Waals surface area contributed by atoms with Gasteiger partial charge in [-0.15, -0.1) is 0 Å². The number of amides is 1. The van der Waals surface area contributed by atoms with E-state index in [1.165, 1.54) is 0 Å². The highest BCUT2D eigenvalue weighted by atomic mass is 32.2. The average molecular weight is 259 g/mol. The van der Waals surface area contributed by atoms with Gasteiger partial charge in [-0.2, -0.15) is 11.8 Å². The molecule has 5 nitrogen and oxygen atoms in total. The summed E-state index contributed by atoms with van der Waals surface area (Å²) < 4.78 is 5.11. The van der Waals surface area contributed by atoms with Crippen molar-refractivity contribution in [1.29, 1.82) is 0 Å². The highest BCUT2D eigenvalue weighted by molar-refractivity contribution is 7.99. The first kappa shape index (κ1) is 12.7. The molecular formula is C11H17NO4S. The van der Waals surface area contributed by atoms with Crippen LogP contribution in [0.25, 0.3) is 0 Å². The number of carboxylic acid groups (broad SMARTS) is 1. The lowest BCUT2D eigenvalue weighted by atomic mass is 9.95. The molecule has 2 rings (SSSR count). The SMILES string of the molecule is O=C(NC1(C(=O)O)CCOC1)C1CCSCC1. The van der Waals surface area contributed by atoms with Crippen LogP contribution in [-0.2, 0) is 14.3 Å². The van der Waals surface area contributed by atoms with Gasteiger partial charge in [-0.25, -0.2) is 4.79 Å². The maximum absolute atomic E-state index is 12.0. The van der Waals surface area contributed by atoms with Crippen molar-refractivity contribution in [1.82, 2.24) is 5.32 Å². The Morgan fingerprint density at radius 2 is 2.06 bits per heavy atom. The van der Waals surface area contributed by atoms with Gasteiger partial charge in [0.1, 0.15) is 0 Å². The lowest BCUT2D eigenvalue weighted by Gasteiger charge is -2.28. The molecule has 0 aromatic rings. The third kappa shape index (κ3) is 2.74. The minimum Gasteiger partial charge on any atom is -0.479 e. The summed E-state index contributed by atoms with van der Waals surface area (Å²) in [7, 11) is 0. The molecule has 2 aliphatic rings. The van der Waals surface area contributed by atoms with Crippen LogP contribution in [0.15, 0.2) is 0 Å². The molecule has 2 saturated heterocycles. The van der Waals surface area contributed by atoms with E-state index in [2.05, 4.69) is 5.32 Å². The molecule has 0 radical (unpaired) electrons. The molecule has 2 heterocycles. The zero-order chi connectivity index (χ0) is 12.3. The van der Waals surface area contributed by atoms with Crippen LogP contribution >= 0.6 is 11.8 Å². The van der Waals surface area contributed by atoms with Gasteiger partial charge in [0, 0.05) is 18.9 Å². The van der Waals surface area contributed by atoms with Crippen molar-refractivity contribution in [2.24, 2.45) is 5.92 Å². The standard InChI is InChI=1S/C11H17NO4S/c13-9(8-1-5-17-6-2-8)12-11(10(14)15)3-4-16-7-11/h8H,1-7H2,(H,12,13)(H,14,15). The second-order valence-corrected chi connectivity index (χ2v) is 5.79. The number of aliphatic carboxylic acids is 1. The molecule has 0 spiro atoms. The van der Waals surface area contributed by atoms with E-state index in [-0.39, 0.29) is 18.4 Å². The number of hydrogen-bond donors (Lipinski definition) is 2. The van der Waals surface area contributed by atoms with E-state index in [1.54, 1.807) is 0 Å². The average Bonchev–Trinajstić information content (AvgIpc) is 2.80. The molecule has 1 atom stereocenters. The number of carbonyl (C=O) groups is 2. The van der Waals surface area contributed by atoms with Crippen molar-refractivity contribution >= 4 is 23.6 Å². The van der Waals surface area contributed by atoms with Crippen molar-refractivity contribution in [3.05, 3.63) is 0 Å². The largest absolute Gasteiger partial charge is 0.479 e. The molecule has 1 unspecified atom stereocenters. The number of thioether (sulfide) groups is 1. The zero-order valence-corrected chi connectivity index (χ0v) is 10.4. The normalized spacial score (nSPS) is 30.1. The Morgan fingerprint density at radius 1 is 1.35 bits per heavy atom. The fraction of sp³-hybridized carbons (Fsp3) is 0.818. The predicted octanol–water partition coefficient (Wildman–Crippen LogP) is 0.489. The van der Waals surface area contributed by atoms with Gasteiger partial charge >= 0.3 is 5.97 Å². The third-order valence-corrected chi connectivity index (χ3v) is 4.43. The molecule has 17 heavy (non-hydrogen) atoms. The molecule has 2 fully saturated rings. The summed E-state index contributed by atoms with van der Waals surface area (Å²) in [5, 5.41) is 11.9. The second-order valence-electron chi connectivity index (χ2n) is 4.57. The lowest BCUT2D eigenvalue weighted by Crippen LogP contribution is -2.56. The van der Waals surface area contributed by atoms with Crippen LogP contribution in [0.1, 0.15) is 19.3 Å². The summed E-state index contributed by atoms with van der Waals surface area (Å²) in [6, 6.07) is 0. The van der Waals surface area contributed by atoms with Gasteiger partial charge < -0.3 is 15.2 Å². The summed E-state index contributed by atoms with van der Waals surface area (Å²) in [5.41, 5.74) is -1.19. The van der Waals surface area contributed by atoms with Crippen molar-refractivity contribution in [3.63, 3.8) is 0 Å². The first-order valence-corrected chi connectivity index (χ1v) is 7.00. The molecule has 2 N–H and O–H groups in total. The third-order valence-electron chi connectivity index (χ3n) is 3.39. The van der Waals surface area contributed by atoms with Crippen LogP contribution in [0, 0.1) is 5.92 Å². The van der Waals surface area contributed by atoms with Gasteiger partial charge in [0.25, 0.3) is 0 Å². The molecular weight excluding hydrogens is 242 g/mol. The molecule has 2 aliphatic heterocycles. The van der Waals surface area contributed by atoms with Crippen LogP contribution in [0.4, 0.5) is 0 Å². The number of ether oxygens (including phenoxy) is 1. The highest BCUT2D eigenvalue weighted by Gasteiger charge is 2.44. The Labute approximate surface area is 104 Å². The Hall–Kier alpha value is -0.750. The first-order valence-electron chi connectivity index (χ1n) is 5.85. The quantitative estimate of drug-likeness (QED) is 0.771. The lowest BCUT2D eigenvalue weighted by molar-refractivity contribution is -0.148. The monoisotopic (exact) mass is 259 g/mol.